The van der Waals surface area contributed by atoms with Gasteiger partial charge in [-0.3, -0.25) is 4.79 Å². The van der Waals surface area contributed by atoms with E-state index in [-0.39, 0.29) is 23.8 Å². The van der Waals surface area contributed by atoms with Gasteiger partial charge in [-0.15, -0.1) is 0 Å². The molecule has 4 N–H and O–H groups in total. The second-order valence-corrected chi connectivity index (χ2v) is 7.31. The van der Waals surface area contributed by atoms with Gasteiger partial charge in [0.25, 0.3) is 0 Å². The lowest BCUT2D eigenvalue weighted by atomic mass is 9.74. The molecule has 138 valence electrons. The van der Waals surface area contributed by atoms with Gasteiger partial charge in [0.1, 0.15) is 6.23 Å². The van der Waals surface area contributed by atoms with E-state index in [1.54, 1.807) is 4.90 Å². The van der Waals surface area contributed by atoms with E-state index in [4.69, 9.17) is 5.73 Å². The molecule has 6 unspecified atom stereocenters. The molecule has 5 nitrogen and oxygen atoms in total. The number of carbonyl (C=O) groups is 1. The highest BCUT2D eigenvalue weighted by atomic mass is 16.3. The predicted molar refractivity (Wildman–Crippen MR) is 94.6 cm³/mol. The maximum atomic E-state index is 11.2. The van der Waals surface area contributed by atoms with E-state index in [9.17, 15) is 15.0 Å². The number of nitrogens with two attached hydrogens (primary N) is 1. The van der Waals surface area contributed by atoms with Crippen molar-refractivity contribution in [3.8, 4) is 0 Å². The summed E-state index contributed by atoms with van der Waals surface area (Å²) < 4.78 is 0. The van der Waals surface area contributed by atoms with Gasteiger partial charge in [-0.05, 0) is 49.9 Å². The Morgan fingerprint density at radius 3 is 1.96 bits per heavy atom. The van der Waals surface area contributed by atoms with Gasteiger partial charge in [-0.1, -0.05) is 34.6 Å². The quantitative estimate of drug-likeness (QED) is 0.378. The fourth-order valence-corrected chi connectivity index (χ4v) is 3.59. The van der Waals surface area contributed by atoms with Crippen LogP contribution in [0.3, 0.4) is 0 Å². The Morgan fingerprint density at radius 1 is 1.04 bits per heavy atom. The first-order valence-corrected chi connectivity index (χ1v) is 9.02. The summed E-state index contributed by atoms with van der Waals surface area (Å²) in [5.74, 6) is 1.000. The van der Waals surface area contributed by atoms with E-state index in [0.29, 0.717) is 18.9 Å². The minimum Gasteiger partial charge on any atom is -0.391 e. The lowest BCUT2D eigenvalue weighted by Gasteiger charge is -2.39. The van der Waals surface area contributed by atoms with Crippen molar-refractivity contribution < 1.29 is 15.0 Å². The predicted octanol–water partition coefficient (Wildman–Crippen LogP) is 2.21. The van der Waals surface area contributed by atoms with Crippen molar-refractivity contribution in [3.63, 3.8) is 0 Å². The number of likely N-dealkylation sites (N-methyl/N-ethyl adjacent to an activating group) is 1. The zero-order chi connectivity index (χ0) is 18.2. The number of hydrogen-bond acceptors (Lipinski definition) is 4. The van der Waals surface area contributed by atoms with Crippen molar-refractivity contribution in [3.05, 3.63) is 0 Å². The van der Waals surface area contributed by atoms with Crippen LogP contribution in [0.25, 0.3) is 0 Å². The molecule has 5 heteroatoms. The Bertz CT molecular complexity index is 313. The second kappa shape index (κ2) is 11.0. The SMILES string of the molecule is CCC(C(O)C(C)C(C)C(CC(C)C)CC(N)O)N(C=O)CC. The van der Waals surface area contributed by atoms with Crippen LogP contribution < -0.4 is 5.73 Å². The first-order chi connectivity index (χ1) is 10.7. The Balaban J connectivity index is 5.10. The van der Waals surface area contributed by atoms with Crippen molar-refractivity contribution in [2.75, 3.05) is 6.54 Å². The van der Waals surface area contributed by atoms with Gasteiger partial charge in [0.05, 0.1) is 12.1 Å². The molecule has 0 aromatic carbocycles. The van der Waals surface area contributed by atoms with E-state index in [0.717, 1.165) is 19.3 Å². The average molecular weight is 331 g/mol. The summed E-state index contributed by atoms with van der Waals surface area (Å²) in [4.78, 5) is 12.9. The fourth-order valence-electron chi connectivity index (χ4n) is 3.59. The zero-order valence-corrected chi connectivity index (χ0v) is 15.8. The summed E-state index contributed by atoms with van der Waals surface area (Å²) in [7, 11) is 0. The first kappa shape index (κ1) is 22.4. The fraction of sp³-hybridized carbons (Fsp3) is 0.944. The van der Waals surface area contributed by atoms with Crippen LogP contribution in [0.2, 0.25) is 0 Å². The molecule has 0 saturated heterocycles. The summed E-state index contributed by atoms with van der Waals surface area (Å²) in [6.45, 7) is 13.0. The molecule has 0 bridgehead atoms. The Hall–Kier alpha value is -0.650. The van der Waals surface area contributed by atoms with Gasteiger partial charge in [0, 0.05) is 6.54 Å². The molecule has 0 aliphatic heterocycles. The molecule has 0 aromatic heterocycles. The number of hydrogen-bond donors (Lipinski definition) is 3. The first-order valence-electron chi connectivity index (χ1n) is 9.02. The molecule has 0 saturated carbocycles. The van der Waals surface area contributed by atoms with E-state index in [1.807, 2.05) is 20.8 Å². The van der Waals surface area contributed by atoms with Crippen LogP contribution in [-0.2, 0) is 4.79 Å². The van der Waals surface area contributed by atoms with E-state index < -0.39 is 12.3 Å². The van der Waals surface area contributed by atoms with Gasteiger partial charge in [0.15, 0.2) is 0 Å². The van der Waals surface area contributed by atoms with Gasteiger partial charge < -0.3 is 20.8 Å². The summed E-state index contributed by atoms with van der Waals surface area (Å²) >= 11 is 0. The lowest BCUT2D eigenvalue weighted by molar-refractivity contribution is -0.124. The number of nitrogens with zero attached hydrogens (tertiary/aromatic N) is 1. The highest BCUT2D eigenvalue weighted by Crippen LogP contribution is 2.33. The van der Waals surface area contributed by atoms with Crippen LogP contribution >= 0.6 is 0 Å². The third-order valence-corrected chi connectivity index (χ3v) is 5.17. The number of aliphatic hydroxyl groups is 2. The number of rotatable bonds is 12. The third-order valence-electron chi connectivity index (χ3n) is 5.17. The molecule has 0 rings (SSSR count). The van der Waals surface area contributed by atoms with Crippen molar-refractivity contribution in [1.29, 1.82) is 0 Å². The summed E-state index contributed by atoms with van der Waals surface area (Å²) in [6.07, 6.45) is 1.65. The van der Waals surface area contributed by atoms with Crippen LogP contribution in [0.15, 0.2) is 0 Å². The van der Waals surface area contributed by atoms with Crippen LogP contribution in [0.1, 0.15) is 60.8 Å². The molecule has 0 fully saturated rings. The Labute approximate surface area is 142 Å². The molecule has 1 amide bonds. The van der Waals surface area contributed by atoms with Crippen molar-refractivity contribution in [2.45, 2.75) is 79.2 Å². The van der Waals surface area contributed by atoms with E-state index >= 15 is 0 Å². The molecule has 6 atom stereocenters. The standard InChI is InChI=1S/C18H38N2O3/c1-7-16(20(8-2)11-21)18(23)14(6)13(5)15(9-12(3)4)10-17(19)22/h11-18,22-23H,7-10,19H2,1-6H3. The van der Waals surface area contributed by atoms with E-state index in [2.05, 4.69) is 20.8 Å². The maximum Gasteiger partial charge on any atom is 0.210 e. The topological polar surface area (TPSA) is 86.8 Å². The Kier molecular flexibility index (Phi) is 10.7. The number of aliphatic hydroxyl groups excluding tert-OH is 2. The van der Waals surface area contributed by atoms with Crippen LogP contribution in [-0.4, -0.2) is 46.4 Å². The summed E-state index contributed by atoms with van der Waals surface area (Å²) in [6, 6.07) is -0.169. The Morgan fingerprint density at radius 2 is 1.61 bits per heavy atom. The zero-order valence-electron chi connectivity index (χ0n) is 15.8. The maximum absolute atomic E-state index is 11.2. The monoisotopic (exact) mass is 330 g/mol. The minimum absolute atomic E-state index is 0.0245. The van der Waals surface area contributed by atoms with Crippen molar-refractivity contribution in [1.82, 2.24) is 4.90 Å². The smallest absolute Gasteiger partial charge is 0.210 e. The highest BCUT2D eigenvalue weighted by molar-refractivity contribution is 5.47. The molecular weight excluding hydrogens is 292 g/mol. The normalized spacial score (nSPS) is 19.7. The lowest BCUT2D eigenvalue weighted by Crippen LogP contribution is -2.47. The molecule has 0 aliphatic carbocycles. The van der Waals surface area contributed by atoms with Crippen molar-refractivity contribution >= 4 is 6.41 Å². The third kappa shape index (κ3) is 7.19. The van der Waals surface area contributed by atoms with Gasteiger partial charge in [-0.25, -0.2) is 0 Å². The largest absolute Gasteiger partial charge is 0.391 e. The molecule has 0 heterocycles. The summed E-state index contributed by atoms with van der Waals surface area (Å²) in [5.41, 5.74) is 5.60. The molecule has 0 aliphatic rings. The van der Waals surface area contributed by atoms with Crippen LogP contribution in [0.5, 0.6) is 0 Å². The molecular formula is C18H38N2O3. The highest BCUT2D eigenvalue weighted by Gasteiger charge is 2.34. The molecule has 0 radical (unpaired) electrons. The van der Waals surface area contributed by atoms with Gasteiger partial charge >= 0.3 is 0 Å². The molecule has 0 spiro atoms. The molecule has 23 heavy (non-hydrogen) atoms. The number of amides is 1. The van der Waals surface area contributed by atoms with E-state index in [1.165, 1.54) is 0 Å². The number of carbonyl (C=O) groups excluding carboxylic acids is 1. The van der Waals surface area contributed by atoms with Crippen molar-refractivity contribution in [2.24, 2.45) is 29.4 Å². The molecule has 0 aromatic rings. The average Bonchev–Trinajstić information content (AvgIpc) is 2.48. The van der Waals surface area contributed by atoms with Gasteiger partial charge in [0.2, 0.25) is 6.41 Å². The summed E-state index contributed by atoms with van der Waals surface area (Å²) in [5, 5.41) is 20.4. The second-order valence-electron chi connectivity index (χ2n) is 7.31. The van der Waals surface area contributed by atoms with Crippen LogP contribution in [0, 0.1) is 23.7 Å². The van der Waals surface area contributed by atoms with Gasteiger partial charge in [-0.2, -0.15) is 0 Å². The minimum atomic E-state index is -0.824. The van der Waals surface area contributed by atoms with Crippen LogP contribution in [0.4, 0.5) is 0 Å².